The Morgan fingerprint density at radius 3 is 2.42 bits per heavy atom. The first-order valence-corrected chi connectivity index (χ1v) is 13.2. The lowest BCUT2D eigenvalue weighted by molar-refractivity contribution is -0.118. The summed E-state index contributed by atoms with van der Waals surface area (Å²) in [5.41, 5.74) is 1.73. The van der Waals surface area contributed by atoms with Gasteiger partial charge in [0.05, 0.1) is 24.0 Å². The van der Waals surface area contributed by atoms with Crippen LogP contribution in [0.15, 0.2) is 88.9 Å². The molecule has 0 saturated heterocycles. The molecular formula is C29H26N6O4S. The van der Waals surface area contributed by atoms with E-state index in [1.807, 2.05) is 30.3 Å². The molecule has 3 N–H and O–H groups in total. The number of aromatic hydroxyl groups is 1. The molecule has 11 heteroatoms. The maximum absolute atomic E-state index is 13.5. The molecule has 2 amide bonds. The van der Waals surface area contributed by atoms with E-state index in [0.29, 0.717) is 37.9 Å². The van der Waals surface area contributed by atoms with Crippen LogP contribution >= 0.6 is 11.8 Å². The van der Waals surface area contributed by atoms with Crippen molar-refractivity contribution in [1.82, 2.24) is 20.2 Å². The van der Waals surface area contributed by atoms with E-state index in [2.05, 4.69) is 26.2 Å². The number of nitrogens with one attached hydrogen (secondary N) is 2. The first kappa shape index (κ1) is 26.7. The molecule has 1 aromatic heterocycles. The summed E-state index contributed by atoms with van der Waals surface area (Å²) < 4.78 is 6.93. The monoisotopic (exact) mass is 554 g/mol. The Morgan fingerprint density at radius 2 is 1.68 bits per heavy atom. The zero-order chi connectivity index (χ0) is 28.2. The van der Waals surface area contributed by atoms with E-state index in [1.54, 1.807) is 67.1 Å². The summed E-state index contributed by atoms with van der Waals surface area (Å²) in [5.74, 6) is -0.738. The lowest BCUT2D eigenvalue weighted by Gasteiger charge is -2.17. The van der Waals surface area contributed by atoms with Crippen molar-refractivity contribution in [3.8, 4) is 17.2 Å². The number of hydrogen-bond donors (Lipinski definition) is 3. The second kappa shape index (κ2) is 11.5. The number of ether oxygens (including phenoxy) is 1. The van der Waals surface area contributed by atoms with Gasteiger partial charge >= 0.3 is 0 Å². The fraction of sp³-hybridized carbons (Fsp3) is 0.138. The maximum atomic E-state index is 13.5. The molecule has 10 nitrogen and oxygen atoms in total. The van der Waals surface area contributed by atoms with Crippen molar-refractivity contribution in [3.05, 3.63) is 84.4 Å². The number of rotatable bonds is 8. The maximum Gasteiger partial charge on any atom is 0.259 e. The molecule has 0 aliphatic rings. The van der Waals surface area contributed by atoms with Crippen LogP contribution in [0.2, 0.25) is 0 Å². The van der Waals surface area contributed by atoms with Crippen LogP contribution < -0.4 is 15.4 Å². The molecule has 0 aliphatic carbocycles. The highest BCUT2D eigenvalue weighted by atomic mass is 32.2. The minimum atomic E-state index is -0.537. The molecule has 0 fully saturated rings. The molecule has 4 aromatic carbocycles. The van der Waals surface area contributed by atoms with Crippen LogP contribution in [-0.2, 0) is 4.79 Å². The van der Waals surface area contributed by atoms with Gasteiger partial charge in [-0.15, -0.1) is 5.10 Å². The third kappa shape index (κ3) is 5.32. The molecule has 5 aromatic rings. The minimum Gasteiger partial charge on any atom is -0.506 e. The molecule has 0 atom stereocenters. The van der Waals surface area contributed by atoms with Crippen molar-refractivity contribution < 1.29 is 19.4 Å². The third-order valence-electron chi connectivity index (χ3n) is 6.12. The van der Waals surface area contributed by atoms with Gasteiger partial charge in [0.25, 0.3) is 5.91 Å². The first-order valence-electron chi connectivity index (χ1n) is 12.4. The summed E-state index contributed by atoms with van der Waals surface area (Å²) >= 11 is 1.21. The molecule has 0 unspecified atom stereocenters. The van der Waals surface area contributed by atoms with E-state index < -0.39 is 5.91 Å². The van der Waals surface area contributed by atoms with Crippen molar-refractivity contribution in [2.24, 2.45) is 5.92 Å². The lowest BCUT2D eigenvalue weighted by Crippen LogP contribution is -2.18. The number of nitrogens with zero attached hydrogens (tertiary/aromatic N) is 4. The quantitative estimate of drug-likeness (QED) is 0.228. The molecule has 5 rings (SSSR count). The number of aromatic nitrogens is 4. The number of tetrazole rings is 1. The zero-order valence-electron chi connectivity index (χ0n) is 22.0. The van der Waals surface area contributed by atoms with Crippen molar-refractivity contribution in [3.63, 3.8) is 0 Å². The number of anilines is 2. The number of carbonyl (C=O) groups excluding carboxylic acids is 2. The predicted octanol–water partition coefficient (Wildman–Crippen LogP) is 5.53. The molecule has 1 heterocycles. The SMILES string of the molecule is COc1ccccc1NC(=O)c1cc(Sc2nnnn2-c2ccccc2)c2c(NC(=O)C(C)C)cccc2c1O. The topological polar surface area (TPSA) is 131 Å². The van der Waals surface area contributed by atoms with Crippen LogP contribution in [0.3, 0.4) is 0 Å². The highest BCUT2D eigenvalue weighted by Crippen LogP contribution is 2.43. The Kier molecular flexibility index (Phi) is 7.65. The number of hydrogen-bond acceptors (Lipinski definition) is 8. The number of carbonyl (C=O) groups is 2. The van der Waals surface area contributed by atoms with Gasteiger partial charge in [0.15, 0.2) is 0 Å². The van der Waals surface area contributed by atoms with Crippen molar-refractivity contribution in [2.75, 3.05) is 17.7 Å². The van der Waals surface area contributed by atoms with Gasteiger partial charge in [-0.3, -0.25) is 9.59 Å². The molecule has 0 aliphatic heterocycles. The Hall–Kier alpha value is -4.90. The number of benzene rings is 4. The van der Waals surface area contributed by atoms with Crippen LogP contribution in [0.4, 0.5) is 11.4 Å². The number of amides is 2. The zero-order valence-corrected chi connectivity index (χ0v) is 22.8. The van der Waals surface area contributed by atoms with E-state index in [-0.39, 0.29) is 23.1 Å². The molecule has 0 saturated carbocycles. The smallest absolute Gasteiger partial charge is 0.259 e. The first-order chi connectivity index (χ1) is 19.4. The number of fused-ring (bicyclic) bond motifs is 1. The van der Waals surface area contributed by atoms with Crippen molar-refractivity contribution in [1.29, 1.82) is 0 Å². The molecular weight excluding hydrogens is 528 g/mol. The molecule has 202 valence electrons. The minimum absolute atomic E-state index is 0.0342. The van der Waals surface area contributed by atoms with Gasteiger partial charge in [-0.05, 0) is 58.6 Å². The normalized spacial score (nSPS) is 11.0. The van der Waals surface area contributed by atoms with Crippen LogP contribution in [-0.4, -0.2) is 44.2 Å². The summed E-state index contributed by atoms with van der Waals surface area (Å²) in [5, 5.41) is 30.6. The van der Waals surface area contributed by atoms with Crippen LogP contribution in [0.5, 0.6) is 11.5 Å². The van der Waals surface area contributed by atoms with E-state index >= 15 is 0 Å². The largest absolute Gasteiger partial charge is 0.506 e. The lowest BCUT2D eigenvalue weighted by atomic mass is 10.0. The van der Waals surface area contributed by atoms with Crippen LogP contribution in [0, 0.1) is 5.92 Å². The van der Waals surface area contributed by atoms with Gasteiger partial charge in [0.2, 0.25) is 11.1 Å². The van der Waals surface area contributed by atoms with Gasteiger partial charge < -0.3 is 20.5 Å². The van der Waals surface area contributed by atoms with Gasteiger partial charge in [-0.2, -0.15) is 4.68 Å². The van der Waals surface area contributed by atoms with Crippen molar-refractivity contribution in [2.45, 2.75) is 23.9 Å². The van der Waals surface area contributed by atoms with E-state index in [9.17, 15) is 14.7 Å². The highest BCUT2D eigenvalue weighted by molar-refractivity contribution is 7.99. The molecule has 40 heavy (non-hydrogen) atoms. The summed E-state index contributed by atoms with van der Waals surface area (Å²) in [6.07, 6.45) is 0. The van der Waals surface area contributed by atoms with Crippen LogP contribution in [0.1, 0.15) is 24.2 Å². The van der Waals surface area contributed by atoms with E-state index in [0.717, 1.165) is 5.69 Å². The van der Waals surface area contributed by atoms with Gasteiger partial charge in [0, 0.05) is 27.3 Å². The fourth-order valence-corrected chi connectivity index (χ4v) is 5.08. The van der Waals surface area contributed by atoms with E-state index in [1.165, 1.54) is 18.9 Å². The number of methoxy groups -OCH3 is 1. The summed E-state index contributed by atoms with van der Waals surface area (Å²) in [6, 6.07) is 23.1. The summed E-state index contributed by atoms with van der Waals surface area (Å²) in [7, 11) is 1.51. The number of phenolic OH excluding ortho intramolecular Hbond substituents is 1. The number of phenols is 1. The average Bonchev–Trinajstić information content (AvgIpc) is 3.43. The predicted molar refractivity (Wildman–Crippen MR) is 153 cm³/mol. The Morgan fingerprint density at radius 1 is 0.950 bits per heavy atom. The van der Waals surface area contributed by atoms with Gasteiger partial charge in [-0.1, -0.05) is 56.3 Å². The second-order valence-electron chi connectivity index (χ2n) is 9.11. The van der Waals surface area contributed by atoms with Crippen LogP contribution in [0.25, 0.3) is 16.5 Å². The summed E-state index contributed by atoms with van der Waals surface area (Å²) in [4.78, 5) is 26.7. The fourth-order valence-electron chi connectivity index (χ4n) is 4.08. The van der Waals surface area contributed by atoms with Gasteiger partial charge in [-0.25, -0.2) is 0 Å². The Balaban J connectivity index is 1.65. The standard InChI is InChI=1S/C29H26N6O4S/c1-17(2)27(37)31-22-14-9-12-19-25(22)24(40-29-32-33-34-35(29)18-10-5-4-6-11-18)16-20(26(19)36)28(38)30-21-13-7-8-15-23(21)39-3/h4-17,36H,1-3H3,(H,30,38)(H,31,37). The van der Waals surface area contributed by atoms with Gasteiger partial charge in [0.1, 0.15) is 11.5 Å². The molecule has 0 radical (unpaired) electrons. The average molecular weight is 555 g/mol. The third-order valence-corrected chi connectivity index (χ3v) is 7.10. The number of para-hydroxylation sites is 3. The van der Waals surface area contributed by atoms with Crippen molar-refractivity contribution >= 4 is 45.7 Å². The molecule has 0 bridgehead atoms. The second-order valence-corrected chi connectivity index (χ2v) is 10.1. The Labute approximate surface area is 234 Å². The Bertz CT molecular complexity index is 1700. The highest BCUT2D eigenvalue weighted by Gasteiger charge is 2.23. The molecule has 0 spiro atoms. The summed E-state index contributed by atoms with van der Waals surface area (Å²) in [6.45, 7) is 3.59. The van der Waals surface area contributed by atoms with E-state index in [4.69, 9.17) is 4.74 Å².